The third-order valence-electron chi connectivity index (χ3n) is 3.99. The largest absolute Gasteiger partial charge is 0.332 e. The summed E-state index contributed by atoms with van der Waals surface area (Å²) in [5, 5.41) is 0.686. The van der Waals surface area contributed by atoms with Gasteiger partial charge in [-0.3, -0.25) is 0 Å². The zero-order valence-corrected chi connectivity index (χ0v) is 13.8. The van der Waals surface area contributed by atoms with E-state index in [0.29, 0.717) is 16.6 Å². The summed E-state index contributed by atoms with van der Waals surface area (Å²) in [6, 6.07) is 8.14. The molecule has 4 nitrogen and oxygen atoms in total. The fraction of sp³-hybridized carbons (Fsp3) is 0.176. The molecule has 3 aromatic rings. The maximum absolute atomic E-state index is 13.2. The quantitative estimate of drug-likeness (QED) is 0.669. The number of aryl methyl sites for hydroxylation is 3. The molecule has 0 bridgehead atoms. The Balaban J connectivity index is 2.30. The number of nitrogens with zero attached hydrogens (tertiary/aromatic N) is 2. The molecule has 2 aromatic carbocycles. The standard InChI is InChI=1S/C17H15FN2O2S/c1-10-6-12(3)15(7-11(10)2)17-14-5-4-13(23(18,21)22)8-16(14)19-9-20-17/h4-9H,1-3H3. The highest BCUT2D eigenvalue weighted by Crippen LogP contribution is 2.31. The fourth-order valence-corrected chi connectivity index (χ4v) is 3.10. The lowest BCUT2D eigenvalue weighted by atomic mass is 9.97. The molecule has 1 heterocycles. The Morgan fingerprint density at radius 3 is 2.30 bits per heavy atom. The molecule has 23 heavy (non-hydrogen) atoms. The minimum Gasteiger partial charge on any atom is -0.236 e. The van der Waals surface area contributed by atoms with Gasteiger partial charge in [-0.05, 0) is 61.7 Å². The van der Waals surface area contributed by atoms with E-state index in [1.165, 1.54) is 24.0 Å². The number of benzene rings is 2. The zero-order chi connectivity index (χ0) is 16.8. The molecule has 0 unspecified atom stereocenters. The van der Waals surface area contributed by atoms with Gasteiger partial charge in [0.2, 0.25) is 0 Å². The van der Waals surface area contributed by atoms with Crippen LogP contribution in [0.25, 0.3) is 22.2 Å². The first kappa shape index (κ1) is 15.6. The summed E-state index contributed by atoms with van der Waals surface area (Å²) in [5.74, 6) is 0. The number of rotatable bonds is 2. The lowest BCUT2D eigenvalue weighted by molar-refractivity contribution is 0.552. The van der Waals surface area contributed by atoms with E-state index in [9.17, 15) is 12.3 Å². The van der Waals surface area contributed by atoms with E-state index in [1.807, 2.05) is 26.8 Å². The molecule has 0 spiro atoms. The van der Waals surface area contributed by atoms with E-state index >= 15 is 0 Å². The van der Waals surface area contributed by atoms with Crippen molar-refractivity contribution in [1.29, 1.82) is 0 Å². The van der Waals surface area contributed by atoms with Gasteiger partial charge in [-0.25, -0.2) is 9.97 Å². The van der Waals surface area contributed by atoms with Gasteiger partial charge in [0.15, 0.2) is 0 Å². The van der Waals surface area contributed by atoms with Crippen molar-refractivity contribution in [2.75, 3.05) is 0 Å². The van der Waals surface area contributed by atoms with Crippen LogP contribution in [-0.4, -0.2) is 18.4 Å². The van der Waals surface area contributed by atoms with E-state index in [1.54, 1.807) is 6.07 Å². The van der Waals surface area contributed by atoms with Crippen LogP contribution in [0, 0.1) is 20.8 Å². The van der Waals surface area contributed by atoms with Crippen molar-refractivity contribution in [2.24, 2.45) is 0 Å². The third-order valence-corrected chi connectivity index (χ3v) is 4.80. The predicted molar refractivity (Wildman–Crippen MR) is 87.5 cm³/mol. The van der Waals surface area contributed by atoms with E-state index in [2.05, 4.69) is 16.0 Å². The first-order valence-electron chi connectivity index (χ1n) is 7.05. The highest BCUT2D eigenvalue weighted by Gasteiger charge is 2.15. The molecule has 0 saturated heterocycles. The molecule has 0 aliphatic rings. The summed E-state index contributed by atoms with van der Waals surface area (Å²) in [6.07, 6.45) is 1.36. The number of hydrogen-bond acceptors (Lipinski definition) is 4. The van der Waals surface area contributed by atoms with Crippen LogP contribution in [0.3, 0.4) is 0 Å². The lowest BCUT2D eigenvalue weighted by Crippen LogP contribution is -1.96. The molecular formula is C17H15FN2O2S. The first-order chi connectivity index (χ1) is 10.8. The lowest BCUT2D eigenvalue weighted by Gasteiger charge is -2.11. The molecule has 0 N–H and O–H groups in total. The minimum atomic E-state index is -4.75. The normalized spacial score (nSPS) is 11.8. The smallest absolute Gasteiger partial charge is 0.236 e. The zero-order valence-electron chi connectivity index (χ0n) is 13.0. The van der Waals surface area contributed by atoms with Crippen LogP contribution in [0.1, 0.15) is 16.7 Å². The van der Waals surface area contributed by atoms with Gasteiger partial charge < -0.3 is 0 Å². The molecular weight excluding hydrogens is 315 g/mol. The maximum Gasteiger partial charge on any atom is 0.332 e. The molecule has 3 rings (SSSR count). The summed E-state index contributed by atoms with van der Waals surface area (Å²) in [4.78, 5) is 8.02. The van der Waals surface area contributed by atoms with Gasteiger partial charge in [-0.2, -0.15) is 8.42 Å². The van der Waals surface area contributed by atoms with E-state index < -0.39 is 15.1 Å². The van der Waals surface area contributed by atoms with Crippen LogP contribution < -0.4 is 0 Å². The molecule has 0 fully saturated rings. The number of hydrogen-bond donors (Lipinski definition) is 0. The summed E-state index contributed by atoms with van der Waals surface area (Å²) in [7, 11) is -4.75. The summed E-state index contributed by atoms with van der Waals surface area (Å²) in [6.45, 7) is 6.06. The monoisotopic (exact) mass is 330 g/mol. The summed E-state index contributed by atoms with van der Waals surface area (Å²) in [5.41, 5.74) is 5.45. The number of halogens is 1. The Bertz CT molecular complexity index is 1030. The first-order valence-corrected chi connectivity index (χ1v) is 8.43. The van der Waals surface area contributed by atoms with Crippen LogP contribution >= 0.6 is 0 Å². The van der Waals surface area contributed by atoms with Crippen molar-refractivity contribution in [2.45, 2.75) is 25.7 Å². The van der Waals surface area contributed by atoms with Crippen molar-refractivity contribution in [3.05, 3.63) is 53.3 Å². The highest BCUT2D eigenvalue weighted by molar-refractivity contribution is 7.86. The van der Waals surface area contributed by atoms with Gasteiger partial charge >= 0.3 is 10.2 Å². The second-order valence-corrected chi connectivity index (χ2v) is 6.94. The number of aromatic nitrogens is 2. The molecule has 0 radical (unpaired) electrons. The Hall–Kier alpha value is -2.34. The van der Waals surface area contributed by atoms with Gasteiger partial charge in [0.25, 0.3) is 0 Å². The van der Waals surface area contributed by atoms with Crippen LogP contribution in [0.2, 0.25) is 0 Å². The van der Waals surface area contributed by atoms with Gasteiger partial charge in [0, 0.05) is 10.9 Å². The summed E-state index contributed by atoms with van der Waals surface area (Å²) >= 11 is 0. The Morgan fingerprint density at radius 2 is 1.61 bits per heavy atom. The Kier molecular flexibility index (Phi) is 3.64. The van der Waals surface area contributed by atoms with E-state index in [4.69, 9.17) is 0 Å². The average molecular weight is 330 g/mol. The average Bonchev–Trinajstić information content (AvgIpc) is 2.49. The van der Waals surface area contributed by atoms with Crippen molar-refractivity contribution < 1.29 is 12.3 Å². The predicted octanol–water partition coefficient (Wildman–Crippen LogP) is 3.88. The van der Waals surface area contributed by atoms with Crippen LogP contribution in [0.15, 0.2) is 41.6 Å². The van der Waals surface area contributed by atoms with Crippen molar-refractivity contribution in [3.8, 4) is 11.3 Å². The molecule has 0 saturated carbocycles. The van der Waals surface area contributed by atoms with Gasteiger partial charge in [-0.15, -0.1) is 3.89 Å². The molecule has 0 atom stereocenters. The summed E-state index contributed by atoms with van der Waals surface area (Å²) < 4.78 is 35.3. The van der Waals surface area contributed by atoms with Crippen LogP contribution in [-0.2, 0) is 10.2 Å². The van der Waals surface area contributed by atoms with Gasteiger partial charge in [-0.1, -0.05) is 6.07 Å². The molecule has 0 aliphatic carbocycles. The third kappa shape index (κ3) is 2.82. The maximum atomic E-state index is 13.2. The van der Waals surface area contributed by atoms with Crippen LogP contribution in [0.5, 0.6) is 0 Å². The van der Waals surface area contributed by atoms with Gasteiger partial charge in [0.05, 0.1) is 11.2 Å². The Morgan fingerprint density at radius 1 is 0.913 bits per heavy atom. The second kappa shape index (κ2) is 5.38. The highest BCUT2D eigenvalue weighted by atomic mass is 32.3. The van der Waals surface area contributed by atoms with Gasteiger partial charge in [0.1, 0.15) is 11.2 Å². The molecule has 0 aliphatic heterocycles. The van der Waals surface area contributed by atoms with E-state index in [-0.39, 0.29) is 0 Å². The molecule has 0 amide bonds. The van der Waals surface area contributed by atoms with Crippen molar-refractivity contribution >= 4 is 21.1 Å². The molecule has 118 valence electrons. The SMILES string of the molecule is Cc1cc(C)c(-c2ncnc3cc(S(=O)(=O)F)ccc23)cc1C. The minimum absolute atomic E-state index is 0.395. The topological polar surface area (TPSA) is 59.9 Å². The number of fused-ring (bicyclic) bond motifs is 1. The second-order valence-electron chi connectivity index (χ2n) is 5.59. The Labute approximate surface area is 134 Å². The fourth-order valence-electron chi connectivity index (χ4n) is 2.62. The molecule has 1 aromatic heterocycles. The van der Waals surface area contributed by atoms with Crippen molar-refractivity contribution in [1.82, 2.24) is 9.97 Å². The van der Waals surface area contributed by atoms with Crippen LogP contribution in [0.4, 0.5) is 3.89 Å². The molecule has 6 heteroatoms. The van der Waals surface area contributed by atoms with Crippen molar-refractivity contribution in [3.63, 3.8) is 0 Å². The van der Waals surface area contributed by atoms with E-state index in [0.717, 1.165) is 16.7 Å².